The van der Waals surface area contributed by atoms with E-state index in [2.05, 4.69) is 39.5 Å². The summed E-state index contributed by atoms with van der Waals surface area (Å²) >= 11 is 26.6. The SMILES string of the molecule is Cc1nn(C(C)c2ccc(Cl)cc2Cl)c2nc(N3CCC(N4CC(CCC(=O)O)CC(CC(c5ccc(Cl)cc5Cl)n5nc(C#N)c6ncc(N7CCC(N8CCCC(CC(=O)O)C8)C(C)C7)nc65)C4)C(C)C3)cnc12. The Balaban J connectivity index is 0.905. The van der Waals surface area contributed by atoms with Crippen LogP contribution < -0.4 is 9.80 Å². The van der Waals surface area contributed by atoms with Crippen molar-refractivity contribution in [2.75, 3.05) is 62.2 Å². The molecule has 4 aliphatic heterocycles. The molecule has 0 radical (unpaired) electrons. The van der Waals surface area contributed by atoms with Crippen LogP contribution in [0.4, 0.5) is 11.6 Å². The van der Waals surface area contributed by atoms with Gasteiger partial charge in [-0.05, 0) is 130 Å². The number of aryl methyl sites for hydroxylation is 1. The summed E-state index contributed by atoms with van der Waals surface area (Å²) in [5.41, 5.74) is 4.97. The molecule has 9 unspecified atom stereocenters. The smallest absolute Gasteiger partial charge is 0.303 e. The van der Waals surface area contributed by atoms with Crippen LogP contribution in [-0.2, 0) is 9.59 Å². The normalized spacial score (nSPS) is 24.7. The van der Waals surface area contributed by atoms with Gasteiger partial charge < -0.3 is 20.0 Å². The number of nitriles is 1. The van der Waals surface area contributed by atoms with Gasteiger partial charge in [-0.3, -0.25) is 19.4 Å². The summed E-state index contributed by atoms with van der Waals surface area (Å²) in [4.78, 5) is 53.5. The van der Waals surface area contributed by atoms with Crippen LogP contribution in [0.25, 0.3) is 22.3 Å². The van der Waals surface area contributed by atoms with Crippen molar-refractivity contribution in [2.24, 2.45) is 29.6 Å². The Labute approximate surface area is 463 Å². The van der Waals surface area contributed by atoms with E-state index in [1.54, 1.807) is 18.3 Å². The fourth-order valence-corrected chi connectivity index (χ4v) is 14.2. The van der Waals surface area contributed by atoms with Crippen LogP contribution >= 0.6 is 46.4 Å². The Bertz CT molecular complexity index is 3170. The highest BCUT2D eigenvalue weighted by Gasteiger charge is 2.40. The van der Waals surface area contributed by atoms with Crippen LogP contribution in [0, 0.1) is 47.8 Å². The van der Waals surface area contributed by atoms with Crippen molar-refractivity contribution in [3.05, 3.63) is 91.4 Å². The summed E-state index contributed by atoms with van der Waals surface area (Å²) in [6, 6.07) is 13.2. The largest absolute Gasteiger partial charge is 0.481 e. The molecule has 4 aliphatic rings. The van der Waals surface area contributed by atoms with Crippen molar-refractivity contribution in [2.45, 2.75) is 110 Å². The topological polar surface area (TPSA) is 199 Å². The molecule has 76 heavy (non-hydrogen) atoms. The fourth-order valence-electron chi connectivity index (χ4n) is 13.1. The maximum Gasteiger partial charge on any atom is 0.303 e. The van der Waals surface area contributed by atoms with Gasteiger partial charge in [0.05, 0.1) is 30.2 Å². The number of halogens is 4. The van der Waals surface area contributed by atoms with Gasteiger partial charge in [-0.15, -0.1) is 0 Å². The molecule has 17 nitrogen and oxygen atoms in total. The van der Waals surface area contributed by atoms with E-state index < -0.39 is 18.0 Å². The average Bonchev–Trinajstić information content (AvgIpc) is 3.93. The first-order valence-electron chi connectivity index (χ1n) is 26.7. The second-order valence-corrected chi connectivity index (χ2v) is 23.7. The summed E-state index contributed by atoms with van der Waals surface area (Å²) in [5.74, 6) is 0.851. The molecule has 6 aromatic rings. The molecule has 4 saturated heterocycles. The van der Waals surface area contributed by atoms with E-state index in [0.717, 1.165) is 113 Å². The quantitative estimate of drug-likeness (QED) is 0.0984. The second-order valence-electron chi connectivity index (χ2n) is 22.0. The molecular weight excluding hydrogens is 1050 g/mol. The van der Waals surface area contributed by atoms with Crippen LogP contribution in [0.5, 0.6) is 0 Å². The minimum Gasteiger partial charge on any atom is -0.481 e. The number of carbonyl (C=O) groups is 2. The fraction of sp³-hybridized carbons (Fsp3) is 0.545. The minimum absolute atomic E-state index is 0.0819. The maximum atomic E-state index is 12.1. The summed E-state index contributed by atoms with van der Waals surface area (Å²) in [6.45, 7) is 14.9. The van der Waals surface area contributed by atoms with Gasteiger partial charge in [0, 0.05) is 90.8 Å². The minimum atomic E-state index is -0.808. The first-order valence-corrected chi connectivity index (χ1v) is 28.2. The Morgan fingerprint density at radius 2 is 1.32 bits per heavy atom. The molecule has 0 amide bonds. The van der Waals surface area contributed by atoms with E-state index >= 15 is 0 Å². The lowest BCUT2D eigenvalue weighted by Crippen LogP contribution is -2.54. The molecule has 2 aromatic carbocycles. The molecule has 4 aromatic heterocycles. The van der Waals surface area contributed by atoms with Gasteiger partial charge in [0.25, 0.3) is 0 Å². The van der Waals surface area contributed by atoms with Crippen LogP contribution in [0.2, 0.25) is 20.1 Å². The molecule has 2 N–H and O–H groups in total. The molecule has 9 atom stereocenters. The Hall–Kier alpha value is -5.35. The van der Waals surface area contributed by atoms with Crippen molar-refractivity contribution >= 4 is 92.3 Å². The predicted octanol–water partition coefficient (Wildman–Crippen LogP) is 10.5. The lowest BCUT2D eigenvalue weighted by Gasteiger charge is -2.48. The van der Waals surface area contributed by atoms with Gasteiger partial charge >= 0.3 is 11.9 Å². The maximum absolute atomic E-state index is 12.1. The van der Waals surface area contributed by atoms with Crippen molar-refractivity contribution in [3.63, 3.8) is 0 Å². The van der Waals surface area contributed by atoms with Crippen LogP contribution in [0.1, 0.15) is 113 Å². The van der Waals surface area contributed by atoms with Gasteiger partial charge in [0.1, 0.15) is 28.7 Å². The van der Waals surface area contributed by atoms with Gasteiger partial charge in [0.2, 0.25) is 0 Å². The molecule has 402 valence electrons. The first-order chi connectivity index (χ1) is 36.5. The predicted molar refractivity (Wildman–Crippen MR) is 296 cm³/mol. The van der Waals surface area contributed by atoms with Gasteiger partial charge in [-0.2, -0.15) is 15.5 Å². The number of carboxylic acid groups (broad SMARTS) is 2. The highest BCUT2D eigenvalue weighted by Crippen LogP contribution is 2.41. The van der Waals surface area contributed by atoms with E-state index in [1.807, 2.05) is 53.7 Å². The number of nitrogens with zero attached hydrogens (tertiary/aromatic N) is 13. The number of benzene rings is 2. The van der Waals surface area contributed by atoms with Crippen molar-refractivity contribution in [1.82, 2.24) is 49.3 Å². The highest BCUT2D eigenvalue weighted by molar-refractivity contribution is 6.35. The van der Waals surface area contributed by atoms with E-state index in [0.29, 0.717) is 67.5 Å². The van der Waals surface area contributed by atoms with Crippen molar-refractivity contribution < 1.29 is 19.8 Å². The number of fused-ring (bicyclic) bond motifs is 2. The number of hydrogen-bond acceptors (Lipinski definition) is 13. The molecule has 0 spiro atoms. The Kier molecular flexibility index (Phi) is 16.3. The average molecular weight is 1110 g/mol. The van der Waals surface area contributed by atoms with Crippen LogP contribution in [0.3, 0.4) is 0 Å². The van der Waals surface area contributed by atoms with Gasteiger partial charge in [0.15, 0.2) is 17.0 Å². The van der Waals surface area contributed by atoms with E-state index in [-0.39, 0.29) is 54.3 Å². The molecule has 4 fully saturated rings. The number of aromatic nitrogens is 8. The number of rotatable bonds is 15. The number of likely N-dealkylation sites (tertiary alicyclic amines) is 2. The molecular formula is C55H65Cl4N13O4. The summed E-state index contributed by atoms with van der Waals surface area (Å²) < 4.78 is 3.73. The highest BCUT2D eigenvalue weighted by atomic mass is 35.5. The lowest BCUT2D eigenvalue weighted by molar-refractivity contribution is -0.139. The zero-order valence-corrected chi connectivity index (χ0v) is 46.4. The molecule has 10 rings (SSSR count). The zero-order valence-electron chi connectivity index (χ0n) is 43.4. The van der Waals surface area contributed by atoms with Gasteiger partial charge in [-0.1, -0.05) is 72.4 Å². The zero-order chi connectivity index (χ0) is 53.5. The summed E-state index contributed by atoms with van der Waals surface area (Å²) in [6.07, 6.45) is 9.56. The number of aliphatic carboxylic acids is 2. The third-order valence-electron chi connectivity index (χ3n) is 16.7. The molecule has 0 bridgehead atoms. The lowest BCUT2D eigenvalue weighted by atomic mass is 9.79. The molecule has 8 heterocycles. The molecule has 21 heteroatoms. The van der Waals surface area contributed by atoms with E-state index in [9.17, 15) is 25.1 Å². The van der Waals surface area contributed by atoms with Crippen LogP contribution in [0.15, 0.2) is 48.8 Å². The van der Waals surface area contributed by atoms with E-state index in [4.69, 9.17) is 76.5 Å². The second kappa shape index (κ2) is 22.9. The summed E-state index contributed by atoms with van der Waals surface area (Å²) in [7, 11) is 0. The van der Waals surface area contributed by atoms with Crippen molar-refractivity contribution in [1.29, 1.82) is 5.26 Å². The third kappa shape index (κ3) is 11.4. The standard InChI is InChI=1S/C55H65Cl4N13O4/c1-31-26-68(16-13-45(31)67-15-5-6-35(28-67)20-51(75)76)49-25-62-53-44(23-60)66-72(55(53)64-49)47(41-11-9-39(57)22-43(41)59)19-37-18-36(7-12-50(73)74)29-70(30-37)46-14-17-69(27-32(46)2)48-24-61-52-33(3)65-71(54(52)63-48)34(4)40-10-8-38(56)21-42(40)58/h8-11,21-22,24-25,31-32,34-37,45-47H,5-7,12-20,26-30H2,1-4H3,(H,73,74)(H,75,76). The summed E-state index contributed by atoms with van der Waals surface area (Å²) in [5, 5.41) is 41.8. The number of hydrogen-bond donors (Lipinski definition) is 2. The van der Waals surface area contributed by atoms with Crippen LogP contribution in [-0.4, -0.2) is 136 Å². The molecule has 0 aliphatic carbocycles. The van der Waals surface area contributed by atoms with Gasteiger partial charge in [-0.25, -0.2) is 29.3 Å². The Morgan fingerprint density at radius 3 is 1.92 bits per heavy atom. The van der Waals surface area contributed by atoms with Crippen molar-refractivity contribution in [3.8, 4) is 6.07 Å². The number of piperidine rings is 4. The number of anilines is 2. The first kappa shape index (κ1) is 54.0. The molecule has 0 saturated carbocycles. The Morgan fingerprint density at radius 1 is 0.724 bits per heavy atom. The third-order valence-corrected chi connectivity index (χ3v) is 17.9. The number of carboxylic acids is 2. The van der Waals surface area contributed by atoms with E-state index in [1.165, 1.54) is 0 Å². The monoisotopic (exact) mass is 1110 g/mol.